The number of benzene rings is 1. The SMILES string of the molecule is C#CCCCn1c(Sc2cccc(Cl)c2Cl)nc2c(N)ncnc21. The Kier molecular flexibility index (Phi) is 5.14. The summed E-state index contributed by atoms with van der Waals surface area (Å²) in [5.41, 5.74) is 7.17. The van der Waals surface area contributed by atoms with Crippen molar-refractivity contribution in [2.75, 3.05) is 5.73 Å². The van der Waals surface area contributed by atoms with Crippen LogP contribution in [-0.4, -0.2) is 19.5 Å². The number of terminal acetylenes is 1. The molecular weight excluding hydrogens is 365 g/mol. The molecule has 0 aliphatic rings. The second kappa shape index (κ2) is 7.31. The minimum atomic E-state index is 0.342. The van der Waals surface area contributed by atoms with Gasteiger partial charge in [-0.05, 0) is 30.3 Å². The highest BCUT2D eigenvalue weighted by atomic mass is 35.5. The van der Waals surface area contributed by atoms with Crippen molar-refractivity contribution >= 4 is 51.9 Å². The minimum absolute atomic E-state index is 0.342. The first-order valence-corrected chi connectivity index (χ1v) is 8.71. The van der Waals surface area contributed by atoms with E-state index in [0.717, 1.165) is 16.5 Å². The molecule has 24 heavy (non-hydrogen) atoms. The van der Waals surface area contributed by atoms with Gasteiger partial charge in [0.25, 0.3) is 0 Å². The van der Waals surface area contributed by atoms with Crippen LogP contribution in [0, 0.1) is 12.3 Å². The average Bonchev–Trinajstić information content (AvgIpc) is 2.91. The zero-order valence-corrected chi connectivity index (χ0v) is 14.9. The molecule has 0 radical (unpaired) electrons. The monoisotopic (exact) mass is 377 g/mol. The van der Waals surface area contributed by atoms with Gasteiger partial charge in [-0.2, -0.15) is 0 Å². The number of anilines is 1. The quantitative estimate of drug-likeness (QED) is 0.530. The third kappa shape index (κ3) is 3.29. The number of hydrogen-bond donors (Lipinski definition) is 1. The summed E-state index contributed by atoms with van der Waals surface area (Å²) >= 11 is 13.8. The van der Waals surface area contributed by atoms with Gasteiger partial charge in [-0.15, -0.1) is 12.3 Å². The first kappa shape index (κ1) is 16.9. The number of aryl methyl sites for hydroxylation is 1. The Morgan fingerprint density at radius 1 is 1.29 bits per heavy atom. The van der Waals surface area contributed by atoms with E-state index >= 15 is 0 Å². The number of fused-ring (bicyclic) bond motifs is 1. The molecule has 2 heterocycles. The van der Waals surface area contributed by atoms with E-state index < -0.39 is 0 Å². The van der Waals surface area contributed by atoms with Crippen LogP contribution in [0.15, 0.2) is 34.6 Å². The lowest BCUT2D eigenvalue weighted by atomic mass is 10.3. The summed E-state index contributed by atoms with van der Waals surface area (Å²) in [5, 5.41) is 1.71. The molecule has 2 N–H and O–H groups in total. The molecule has 0 unspecified atom stereocenters. The Bertz CT molecular complexity index is 932. The molecule has 0 spiro atoms. The van der Waals surface area contributed by atoms with E-state index in [9.17, 15) is 0 Å². The maximum atomic E-state index is 6.28. The molecule has 0 aliphatic heterocycles. The molecule has 1 aromatic carbocycles. The molecular formula is C16H13Cl2N5S. The van der Waals surface area contributed by atoms with Gasteiger partial charge in [0.05, 0.1) is 10.0 Å². The van der Waals surface area contributed by atoms with Gasteiger partial charge in [0.15, 0.2) is 22.1 Å². The first-order chi connectivity index (χ1) is 11.6. The van der Waals surface area contributed by atoms with E-state index in [1.807, 2.05) is 16.7 Å². The largest absolute Gasteiger partial charge is 0.382 e. The summed E-state index contributed by atoms with van der Waals surface area (Å²) in [6.45, 7) is 0.678. The summed E-state index contributed by atoms with van der Waals surface area (Å²) in [4.78, 5) is 13.7. The Hall–Kier alpha value is -1.94. The Labute approximate surface area is 153 Å². The minimum Gasteiger partial charge on any atom is -0.382 e. The van der Waals surface area contributed by atoms with Crippen LogP contribution in [0.2, 0.25) is 10.0 Å². The lowest BCUT2D eigenvalue weighted by Gasteiger charge is -2.08. The molecule has 2 aromatic heterocycles. The second-order valence-corrected chi connectivity index (χ2v) is 6.73. The van der Waals surface area contributed by atoms with Gasteiger partial charge in [-0.25, -0.2) is 15.0 Å². The highest BCUT2D eigenvalue weighted by molar-refractivity contribution is 7.99. The topological polar surface area (TPSA) is 69.6 Å². The number of nitrogen functional groups attached to an aromatic ring is 1. The standard InChI is InChI=1S/C16H13Cl2N5S/c1-2-3-4-8-23-15-13(14(19)20-9-21-15)22-16(23)24-11-7-5-6-10(17)12(11)18/h1,5-7,9H,3-4,8H2,(H2,19,20,21). The third-order valence-corrected chi connectivity index (χ3v) is 5.33. The number of aromatic nitrogens is 4. The molecule has 3 rings (SSSR count). The zero-order valence-electron chi connectivity index (χ0n) is 12.5. The molecule has 3 aromatic rings. The van der Waals surface area contributed by atoms with Gasteiger partial charge in [-0.1, -0.05) is 29.3 Å². The van der Waals surface area contributed by atoms with Crippen molar-refractivity contribution in [2.24, 2.45) is 0 Å². The molecule has 0 atom stereocenters. The van der Waals surface area contributed by atoms with Gasteiger partial charge in [0.1, 0.15) is 6.33 Å². The van der Waals surface area contributed by atoms with E-state index in [1.165, 1.54) is 18.1 Å². The Morgan fingerprint density at radius 2 is 2.12 bits per heavy atom. The predicted molar refractivity (Wildman–Crippen MR) is 98.4 cm³/mol. The normalized spacial score (nSPS) is 10.9. The highest BCUT2D eigenvalue weighted by Crippen LogP contribution is 2.38. The zero-order chi connectivity index (χ0) is 17.1. The molecule has 8 heteroatoms. The number of hydrogen-bond acceptors (Lipinski definition) is 5. The van der Waals surface area contributed by atoms with Gasteiger partial charge in [-0.3, -0.25) is 0 Å². The van der Waals surface area contributed by atoms with Crippen molar-refractivity contribution in [3.63, 3.8) is 0 Å². The van der Waals surface area contributed by atoms with Crippen LogP contribution in [0.3, 0.4) is 0 Å². The molecule has 0 fully saturated rings. The fourth-order valence-corrected chi connectivity index (χ4v) is 3.65. The Morgan fingerprint density at radius 3 is 2.92 bits per heavy atom. The van der Waals surface area contributed by atoms with E-state index in [1.54, 1.807) is 6.07 Å². The van der Waals surface area contributed by atoms with Crippen LogP contribution in [0.1, 0.15) is 12.8 Å². The maximum Gasteiger partial charge on any atom is 0.175 e. The van der Waals surface area contributed by atoms with E-state index in [4.69, 9.17) is 35.4 Å². The summed E-state index contributed by atoms with van der Waals surface area (Å²) in [5.74, 6) is 2.98. The predicted octanol–water partition coefficient (Wildman–Crippen LogP) is 4.28. The molecule has 122 valence electrons. The maximum absolute atomic E-state index is 6.28. The first-order valence-electron chi connectivity index (χ1n) is 7.14. The van der Waals surface area contributed by atoms with Crippen molar-refractivity contribution in [3.8, 4) is 12.3 Å². The molecule has 0 aliphatic carbocycles. The van der Waals surface area contributed by atoms with Crippen LogP contribution in [0.4, 0.5) is 5.82 Å². The summed E-state index contributed by atoms with van der Waals surface area (Å²) in [6.07, 6.45) is 8.25. The molecule has 0 saturated heterocycles. The third-order valence-electron chi connectivity index (χ3n) is 3.35. The lowest BCUT2D eigenvalue weighted by Crippen LogP contribution is -2.01. The Balaban J connectivity index is 2.05. The number of imidazole rings is 1. The molecule has 0 amide bonds. The molecule has 0 bridgehead atoms. The van der Waals surface area contributed by atoms with Crippen molar-refractivity contribution in [1.29, 1.82) is 0 Å². The lowest BCUT2D eigenvalue weighted by molar-refractivity contribution is 0.615. The number of nitrogens with zero attached hydrogens (tertiary/aromatic N) is 4. The fourth-order valence-electron chi connectivity index (χ4n) is 2.21. The number of halogens is 2. The summed E-state index contributed by atoms with van der Waals surface area (Å²) in [7, 11) is 0. The van der Waals surface area contributed by atoms with Gasteiger partial charge >= 0.3 is 0 Å². The van der Waals surface area contributed by atoms with Crippen LogP contribution >= 0.6 is 35.0 Å². The molecule has 0 saturated carbocycles. The number of rotatable bonds is 5. The van der Waals surface area contributed by atoms with Crippen LogP contribution < -0.4 is 5.73 Å². The highest BCUT2D eigenvalue weighted by Gasteiger charge is 2.17. The van der Waals surface area contributed by atoms with Crippen LogP contribution in [-0.2, 0) is 6.54 Å². The summed E-state index contributed by atoms with van der Waals surface area (Å²) in [6, 6.07) is 5.47. The molecule has 5 nitrogen and oxygen atoms in total. The number of unbranched alkanes of at least 4 members (excludes halogenated alkanes) is 1. The van der Waals surface area contributed by atoms with Crippen LogP contribution in [0.25, 0.3) is 11.2 Å². The van der Waals surface area contributed by atoms with Crippen molar-refractivity contribution in [3.05, 3.63) is 34.6 Å². The average molecular weight is 378 g/mol. The van der Waals surface area contributed by atoms with E-state index in [2.05, 4.69) is 20.9 Å². The van der Waals surface area contributed by atoms with E-state index in [-0.39, 0.29) is 0 Å². The second-order valence-electron chi connectivity index (χ2n) is 4.94. The van der Waals surface area contributed by atoms with Crippen molar-refractivity contribution < 1.29 is 0 Å². The number of nitrogens with two attached hydrogens (primary N) is 1. The van der Waals surface area contributed by atoms with Gasteiger partial charge in [0, 0.05) is 17.9 Å². The smallest absolute Gasteiger partial charge is 0.175 e. The van der Waals surface area contributed by atoms with E-state index in [0.29, 0.717) is 40.0 Å². The summed E-state index contributed by atoms with van der Waals surface area (Å²) < 4.78 is 1.98. The fraction of sp³-hybridized carbons (Fsp3) is 0.188. The van der Waals surface area contributed by atoms with Gasteiger partial charge < -0.3 is 10.3 Å². The van der Waals surface area contributed by atoms with Crippen molar-refractivity contribution in [2.45, 2.75) is 29.4 Å². The van der Waals surface area contributed by atoms with Gasteiger partial charge in [0.2, 0.25) is 0 Å². The van der Waals surface area contributed by atoms with Crippen LogP contribution in [0.5, 0.6) is 0 Å². The van der Waals surface area contributed by atoms with Crippen molar-refractivity contribution in [1.82, 2.24) is 19.5 Å².